The third-order valence-corrected chi connectivity index (χ3v) is 7.27. The van der Waals surface area contributed by atoms with Crippen molar-refractivity contribution in [2.75, 3.05) is 31.1 Å². The number of benzene rings is 1. The van der Waals surface area contributed by atoms with Crippen molar-refractivity contribution in [3.8, 4) is 0 Å². The van der Waals surface area contributed by atoms with Gasteiger partial charge in [-0.25, -0.2) is 9.97 Å². The van der Waals surface area contributed by atoms with E-state index in [2.05, 4.69) is 44.7 Å². The van der Waals surface area contributed by atoms with Gasteiger partial charge >= 0.3 is 0 Å². The average molecular weight is 423 g/mol. The second-order valence-corrected chi connectivity index (χ2v) is 9.17. The van der Waals surface area contributed by atoms with Gasteiger partial charge in [0.25, 0.3) is 0 Å². The molecule has 1 atom stereocenters. The van der Waals surface area contributed by atoms with Crippen LogP contribution in [0.25, 0.3) is 10.2 Å². The number of nitrogens with zero attached hydrogens (tertiary/aromatic N) is 4. The molecule has 1 aliphatic heterocycles. The Balaban J connectivity index is 1.54. The van der Waals surface area contributed by atoms with E-state index in [0.717, 1.165) is 61.1 Å². The largest absolute Gasteiger partial charge is 0.352 e. The van der Waals surface area contributed by atoms with Gasteiger partial charge in [-0.05, 0) is 31.4 Å². The van der Waals surface area contributed by atoms with E-state index in [9.17, 15) is 4.79 Å². The van der Waals surface area contributed by atoms with Crippen molar-refractivity contribution in [1.29, 1.82) is 0 Å². The van der Waals surface area contributed by atoms with E-state index in [-0.39, 0.29) is 11.8 Å². The predicted molar refractivity (Wildman–Crippen MR) is 125 cm³/mol. The number of fused-ring (bicyclic) bond motifs is 1. The zero-order chi connectivity index (χ0) is 21.3. The summed E-state index contributed by atoms with van der Waals surface area (Å²) in [5, 5.41) is 1.19. The van der Waals surface area contributed by atoms with E-state index in [0.29, 0.717) is 0 Å². The maximum absolute atomic E-state index is 13.2. The summed E-state index contributed by atoms with van der Waals surface area (Å²) < 4.78 is 0. The smallest absolute Gasteiger partial charge is 0.230 e. The highest BCUT2D eigenvalue weighted by Gasteiger charge is 2.29. The number of amides is 1. The van der Waals surface area contributed by atoms with Crippen molar-refractivity contribution in [2.45, 2.75) is 46.5 Å². The van der Waals surface area contributed by atoms with Crippen LogP contribution in [0.2, 0.25) is 0 Å². The first-order valence-corrected chi connectivity index (χ1v) is 11.7. The van der Waals surface area contributed by atoms with E-state index in [1.165, 1.54) is 15.8 Å². The molecule has 158 valence electrons. The van der Waals surface area contributed by atoms with Crippen LogP contribution in [-0.4, -0.2) is 47.0 Å². The van der Waals surface area contributed by atoms with Gasteiger partial charge in [-0.15, -0.1) is 11.3 Å². The lowest BCUT2D eigenvalue weighted by Crippen LogP contribution is -2.50. The van der Waals surface area contributed by atoms with Gasteiger partial charge in [0.15, 0.2) is 0 Å². The minimum Gasteiger partial charge on any atom is -0.352 e. The molecule has 1 amide bonds. The molecule has 30 heavy (non-hydrogen) atoms. The molecule has 1 saturated heterocycles. The van der Waals surface area contributed by atoms with Gasteiger partial charge in [0.05, 0.1) is 11.3 Å². The van der Waals surface area contributed by atoms with Crippen LogP contribution in [0, 0.1) is 13.8 Å². The summed E-state index contributed by atoms with van der Waals surface area (Å²) in [5.74, 6) is 2.12. The quantitative estimate of drug-likeness (QED) is 0.597. The molecule has 1 aliphatic rings. The second-order valence-electron chi connectivity index (χ2n) is 7.96. The molecule has 0 bridgehead atoms. The molecule has 0 radical (unpaired) electrons. The Bertz CT molecular complexity index is 1040. The van der Waals surface area contributed by atoms with Crippen LogP contribution in [0.3, 0.4) is 0 Å². The highest BCUT2D eigenvalue weighted by molar-refractivity contribution is 7.18. The number of carbonyl (C=O) groups excluding carboxylic acids is 1. The first kappa shape index (κ1) is 20.8. The lowest BCUT2D eigenvalue weighted by atomic mass is 9.95. The van der Waals surface area contributed by atoms with Gasteiger partial charge in [-0.2, -0.15) is 0 Å². The van der Waals surface area contributed by atoms with Crippen molar-refractivity contribution in [2.24, 2.45) is 0 Å². The van der Waals surface area contributed by atoms with E-state index < -0.39 is 0 Å². The summed E-state index contributed by atoms with van der Waals surface area (Å²) in [6.07, 6.45) is 1.65. The average Bonchev–Trinajstić information content (AvgIpc) is 3.07. The highest BCUT2D eigenvalue weighted by atomic mass is 32.1. The lowest BCUT2D eigenvalue weighted by Gasteiger charge is -2.37. The molecule has 3 aromatic rings. The summed E-state index contributed by atoms with van der Waals surface area (Å²) in [5.41, 5.74) is 2.39. The van der Waals surface area contributed by atoms with Crippen LogP contribution in [0.4, 0.5) is 5.82 Å². The molecule has 4 rings (SSSR count). The van der Waals surface area contributed by atoms with Gasteiger partial charge in [0.2, 0.25) is 5.91 Å². The Morgan fingerprint density at radius 3 is 2.40 bits per heavy atom. The minimum atomic E-state index is -0.0584. The summed E-state index contributed by atoms with van der Waals surface area (Å²) in [7, 11) is 0. The monoisotopic (exact) mass is 422 g/mol. The molecule has 1 fully saturated rings. The Kier molecular flexibility index (Phi) is 6.04. The fraction of sp³-hybridized carbons (Fsp3) is 0.458. The number of carbonyl (C=O) groups is 1. The van der Waals surface area contributed by atoms with Crippen LogP contribution in [0.15, 0.2) is 30.3 Å². The molecular formula is C24H30N4OS. The van der Waals surface area contributed by atoms with Crippen molar-refractivity contribution >= 4 is 33.3 Å². The number of aryl methyl sites for hydroxylation is 3. The number of thiophene rings is 1. The first-order chi connectivity index (χ1) is 14.5. The van der Waals surface area contributed by atoms with E-state index >= 15 is 0 Å². The Morgan fingerprint density at radius 1 is 1.07 bits per heavy atom. The summed E-state index contributed by atoms with van der Waals surface area (Å²) in [4.78, 5) is 29.6. The van der Waals surface area contributed by atoms with E-state index in [1.807, 2.05) is 23.1 Å². The van der Waals surface area contributed by atoms with Gasteiger partial charge in [-0.1, -0.05) is 44.2 Å². The first-order valence-electron chi connectivity index (χ1n) is 10.9. The molecule has 3 heterocycles. The van der Waals surface area contributed by atoms with Crippen LogP contribution >= 0.6 is 11.3 Å². The van der Waals surface area contributed by atoms with Crippen molar-refractivity contribution in [3.63, 3.8) is 0 Å². The van der Waals surface area contributed by atoms with E-state index in [1.54, 1.807) is 11.3 Å². The molecule has 0 saturated carbocycles. The van der Waals surface area contributed by atoms with Gasteiger partial charge in [-0.3, -0.25) is 4.79 Å². The fourth-order valence-corrected chi connectivity index (χ4v) is 5.30. The molecule has 6 heteroatoms. The van der Waals surface area contributed by atoms with Gasteiger partial charge in [0, 0.05) is 37.5 Å². The number of aromatic nitrogens is 2. The van der Waals surface area contributed by atoms with Crippen molar-refractivity contribution in [1.82, 2.24) is 14.9 Å². The third kappa shape index (κ3) is 3.81. The summed E-state index contributed by atoms with van der Waals surface area (Å²) in [6, 6.07) is 10.2. The molecule has 0 N–H and O–H groups in total. The standard InChI is InChI=1S/C24H30N4OS/c1-5-19(18-10-8-7-9-11-18)24(29)28-14-12-27(13-15-28)22-21-16(3)17(4)30-23(21)26-20(6-2)25-22/h7-11,19H,5-6,12-15H2,1-4H3. The normalized spacial score (nSPS) is 15.6. The Labute approximate surface area is 182 Å². The zero-order valence-corrected chi connectivity index (χ0v) is 19.1. The molecule has 1 unspecified atom stereocenters. The van der Waals surface area contributed by atoms with E-state index in [4.69, 9.17) is 9.97 Å². The molecule has 1 aromatic carbocycles. The topological polar surface area (TPSA) is 49.3 Å². The minimum absolute atomic E-state index is 0.0584. The molecular weight excluding hydrogens is 392 g/mol. The fourth-order valence-electron chi connectivity index (χ4n) is 4.26. The SMILES string of the molecule is CCc1nc(N2CCN(C(=O)C(CC)c3ccccc3)CC2)c2c(C)c(C)sc2n1. The zero-order valence-electron chi connectivity index (χ0n) is 18.3. The number of hydrogen-bond acceptors (Lipinski definition) is 5. The van der Waals surface area contributed by atoms with Crippen molar-refractivity contribution in [3.05, 3.63) is 52.2 Å². The van der Waals surface area contributed by atoms with Crippen LogP contribution in [0.1, 0.15) is 48.0 Å². The number of piperazine rings is 1. The number of rotatable bonds is 5. The Morgan fingerprint density at radius 2 is 1.77 bits per heavy atom. The second kappa shape index (κ2) is 8.72. The summed E-state index contributed by atoms with van der Waals surface area (Å²) in [6.45, 7) is 11.6. The Hall–Kier alpha value is -2.47. The molecule has 2 aromatic heterocycles. The lowest BCUT2D eigenvalue weighted by molar-refractivity contribution is -0.133. The maximum Gasteiger partial charge on any atom is 0.230 e. The van der Waals surface area contributed by atoms with Crippen molar-refractivity contribution < 1.29 is 4.79 Å². The van der Waals surface area contributed by atoms with Crippen LogP contribution < -0.4 is 4.90 Å². The molecule has 0 spiro atoms. The number of hydrogen-bond donors (Lipinski definition) is 0. The van der Waals surface area contributed by atoms with Crippen LogP contribution in [0.5, 0.6) is 0 Å². The highest BCUT2D eigenvalue weighted by Crippen LogP contribution is 2.35. The van der Waals surface area contributed by atoms with Crippen LogP contribution in [-0.2, 0) is 11.2 Å². The molecule has 5 nitrogen and oxygen atoms in total. The predicted octanol–water partition coefficient (Wildman–Crippen LogP) is 4.71. The maximum atomic E-state index is 13.2. The molecule has 0 aliphatic carbocycles. The van der Waals surface area contributed by atoms with Gasteiger partial charge < -0.3 is 9.80 Å². The van der Waals surface area contributed by atoms with Gasteiger partial charge in [0.1, 0.15) is 16.5 Å². The number of anilines is 1. The third-order valence-electron chi connectivity index (χ3n) is 6.17. The summed E-state index contributed by atoms with van der Waals surface area (Å²) >= 11 is 1.75.